The van der Waals surface area contributed by atoms with Crippen LogP contribution in [0.25, 0.3) is 0 Å². The highest BCUT2D eigenvalue weighted by Gasteiger charge is 2.34. The summed E-state index contributed by atoms with van der Waals surface area (Å²) in [6.07, 6.45) is 0. The van der Waals surface area contributed by atoms with E-state index in [1.54, 1.807) is 20.9 Å². The molecular weight excluding hydrogens is 283 g/mol. The van der Waals surface area contributed by atoms with E-state index in [-0.39, 0.29) is 19.0 Å². The maximum Gasteiger partial charge on any atom is 0.329 e. The molecule has 1 rings (SSSR count). The van der Waals surface area contributed by atoms with Gasteiger partial charge in [0.05, 0.1) is 11.5 Å². The summed E-state index contributed by atoms with van der Waals surface area (Å²) in [6.45, 7) is 3.37. The van der Waals surface area contributed by atoms with Crippen molar-refractivity contribution in [3.63, 3.8) is 0 Å². The fourth-order valence-corrected chi connectivity index (χ4v) is 1.48. The molecule has 1 atom stereocenters. The number of nitro groups is 1. The molecule has 116 valence electrons. The molecule has 0 aliphatic heterocycles. The molecule has 0 saturated heterocycles. The van der Waals surface area contributed by atoms with E-state index < -0.39 is 27.9 Å². The molecule has 0 spiro atoms. The van der Waals surface area contributed by atoms with Crippen molar-refractivity contribution < 1.29 is 23.6 Å². The van der Waals surface area contributed by atoms with Crippen molar-refractivity contribution in [3.05, 3.63) is 34.1 Å². The highest BCUT2D eigenvalue weighted by Crippen LogP contribution is 2.23. The zero-order valence-corrected chi connectivity index (χ0v) is 12.0. The number of nitro benzene ring substituents is 1. The van der Waals surface area contributed by atoms with Gasteiger partial charge in [-0.3, -0.25) is 10.1 Å². The van der Waals surface area contributed by atoms with E-state index in [4.69, 9.17) is 9.47 Å². The van der Waals surface area contributed by atoms with Crippen LogP contribution in [0.3, 0.4) is 0 Å². The Labute approximate surface area is 121 Å². The first-order valence-corrected chi connectivity index (χ1v) is 6.27. The summed E-state index contributed by atoms with van der Waals surface area (Å²) >= 11 is 0. The molecule has 1 unspecified atom stereocenters. The maximum atomic E-state index is 13.5. The van der Waals surface area contributed by atoms with E-state index in [0.717, 1.165) is 12.1 Å². The fourth-order valence-electron chi connectivity index (χ4n) is 1.48. The summed E-state index contributed by atoms with van der Waals surface area (Å²) in [4.78, 5) is 21.5. The molecule has 21 heavy (non-hydrogen) atoms. The van der Waals surface area contributed by atoms with Gasteiger partial charge in [0.2, 0.25) is 5.82 Å². The molecule has 7 nitrogen and oxygen atoms in total. The number of nitrogens with one attached hydrogen (secondary N) is 1. The van der Waals surface area contributed by atoms with Crippen molar-refractivity contribution >= 4 is 11.7 Å². The van der Waals surface area contributed by atoms with Crippen LogP contribution in [-0.2, 0) is 9.53 Å². The van der Waals surface area contributed by atoms with Gasteiger partial charge in [-0.1, -0.05) is 0 Å². The number of rotatable bonds is 7. The second-order valence-corrected chi connectivity index (χ2v) is 4.46. The van der Waals surface area contributed by atoms with Crippen LogP contribution < -0.4 is 10.1 Å². The van der Waals surface area contributed by atoms with Gasteiger partial charge in [-0.25, -0.2) is 4.79 Å². The summed E-state index contributed by atoms with van der Waals surface area (Å²) in [6, 6.07) is 3.17. The maximum absolute atomic E-state index is 13.5. The highest BCUT2D eigenvalue weighted by molar-refractivity contribution is 5.80. The standard InChI is InChI=1S/C13H17FN2O5/c1-4-20-12(17)13(2,15-3)8-21-9-5-6-11(16(18)19)10(14)7-9/h5-7,15H,4,8H2,1-3H3. The quantitative estimate of drug-likeness (QED) is 0.468. The van der Waals surface area contributed by atoms with E-state index in [1.807, 2.05) is 0 Å². The molecule has 0 radical (unpaired) electrons. The summed E-state index contributed by atoms with van der Waals surface area (Å²) in [7, 11) is 1.57. The van der Waals surface area contributed by atoms with E-state index >= 15 is 0 Å². The number of carbonyl (C=O) groups excluding carboxylic acids is 1. The van der Waals surface area contributed by atoms with Gasteiger partial charge >= 0.3 is 11.7 Å². The lowest BCUT2D eigenvalue weighted by molar-refractivity contribution is -0.387. The van der Waals surface area contributed by atoms with Crippen molar-refractivity contribution in [2.24, 2.45) is 0 Å². The van der Waals surface area contributed by atoms with Crippen molar-refractivity contribution in [2.45, 2.75) is 19.4 Å². The molecule has 1 aromatic rings. The Bertz CT molecular complexity index is 537. The van der Waals surface area contributed by atoms with Crippen molar-refractivity contribution in [1.29, 1.82) is 0 Å². The molecule has 0 saturated carbocycles. The number of hydrogen-bond donors (Lipinski definition) is 1. The summed E-state index contributed by atoms with van der Waals surface area (Å²) in [5, 5.41) is 13.3. The predicted molar refractivity (Wildman–Crippen MR) is 72.6 cm³/mol. The molecule has 0 aromatic heterocycles. The number of halogens is 1. The van der Waals surface area contributed by atoms with Crippen LogP contribution in [-0.4, -0.2) is 36.7 Å². The van der Waals surface area contributed by atoms with Crippen LogP contribution >= 0.6 is 0 Å². The first kappa shape index (κ1) is 16.8. The third-order valence-electron chi connectivity index (χ3n) is 2.92. The molecule has 0 bridgehead atoms. The Kier molecular flexibility index (Phi) is 5.60. The Morgan fingerprint density at radius 1 is 1.52 bits per heavy atom. The van der Waals surface area contributed by atoms with Gasteiger partial charge in [-0.2, -0.15) is 4.39 Å². The monoisotopic (exact) mass is 300 g/mol. The van der Waals surface area contributed by atoms with Crippen LogP contribution in [0.2, 0.25) is 0 Å². The number of benzene rings is 1. The normalized spacial score (nSPS) is 13.3. The molecule has 0 aliphatic rings. The average Bonchev–Trinajstić information content (AvgIpc) is 2.44. The third kappa shape index (κ3) is 4.12. The lowest BCUT2D eigenvalue weighted by atomic mass is 10.1. The van der Waals surface area contributed by atoms with Crippen LogP contribution in [0, 0.1) is 15.9 Å². The van der Waals surface area contributed by atoms with Gasteiger partial charge in [-0.15, -0.1) is 0 Å². The number of hydrogen-bond acceptors (Lipinski definition) is 6. The van der Waals surface area contributed by atoms with Gasteiger partial charge in [0.1, 0.15) is 17.9 Å². The highest BCUT2D eigenvalue weighted by atomic mass is 19.1. The molecule has 0 heterocycles. The molecule has 0 aliphatic carbocycles. The van der Waals surface area contributed by atoms with Crippen molar-refractivity contribution in [1.82, 2.24) is 5.32 Å². The lowest BCUT2D eigenvalue weighted by Gasteiger charge is -2.26. The first-order chi connectivity index (χ1) is 9.84. The second-order valence-electron chi connectivity index (χ2n) is 4.46. The summed E-state index contributed by atoms with van der Waals surface area (Å²) < 4.78 is 23.7. The van der Waals surface area contributed by atoms with Gasteiger partial charge in [-0.05, 0) is 27.0 Å². The van der Waals surface area contributed by atoms with Crippen molar-refractivity contribution in [3.8, 4) is 5.75 Å². The zero-order chi connectivity index (χ0) is 16.0. The lowest BCUT2D eigenvalue weighted by Crippen LogP contribution is -2.53. The van der Waals surface area contributed by atoms with Gasteiger partial charge in [0.25, 0.3) is 0 Å². The number of carbonyl (C=O) groups is 1. The van der Waals surface area contributed by atoms with Crippen LogP contribution in [0.4, 0.5) is 10.1 Å². The Balaban J connectivity index is 2.80. The fraction of sp³-hybridized carbons (Fsp3) is 0.462. The third-order valence-corrected chi connectivity index (χ3v) is 2.92. The van der Waals surface area contributed by atoms with Crippen LogP contribution in [0.15, 0.2) is 18.2 Å². The number of ether oxygens (including phenoxy) is 2. The smallest absolute Gasteiger partial charge is 0.329 e. The minimum absolute atomic E-state index is 0.0869. The van der Waals surface area contributed by atoms with Gasteiger partial charge in [0.15, 0.2) is 0 Å². The van der Waals surface area contributed by atoms with Gasteiger partial charge < -0.3 is 14.8 Å². The number of likely N-dealkylation sites (N-methyl/N-ethyl adjacent to an activating group) is 1. The number of esters is 1. The molecule has 1 N–H and O–H groups in total. The minimum atomic E-state index is -1.10. The number of nitrogens with zero attached hydrogens (tertiary/aromatic N) is 1. The molecule has 0 fully saturated rings. The van der Waals surface area contributed by atoms with Gasteiger partial charge in [0, 0.05) is 12.1 Å². The molecule has 1 aromatic carbocycles. The topological polar surface area (TPSA) is 90.7 Å². The second kappa shape index (κ2) is 6.98. The van der Waals surface area contributed by atoms with E-state index in [1.165, 1.54) is 6.07 Å². The molecule has 8 heteroatoms. The van der Waals surface area contributed by atoms with E-state index in [2.05, 4.69) is 5.32 Å². The Morgan fingerprint density at radius 3 is 2.67 bits per heavy atom. The Hall–Kier alpha value is -2.22. The average molecular weight is 300 g/mol. The summed E-state index contributed by atoms with van der Waals surface area (Å²) in [5.41, 5.74) is -1.74. The largest absolute Gasteiger partial charge is 0.491 e. The van der Waals surface area contributed by atoms with Crippen LogP contribution in [0.5, 0.6) is 5.75 Å². The minimum Gasteiger partial charge on any atom is -0.491 e. The van der Waals surface area contributed by atoms with E-state index in [9.17, 15) is 19.3 Å². The van der Waals surface area contributed by atoms with Crippen LogP contribution in [0.1, 0.15) is 13.8 Å². The Morgan fingerprint density at radius 2 is 2.19 bits per heavy atom. The summed E-state index contributed by atoms with van der Waals surface area (Å²) in [5.74, 6) is -1.42. The van der Waals surface area contributed by atoms with E-state index in [0.29, 0.717) is 0 Å². The predicted octanol–water partition coefficient (Wildman–Crippen LogP) is 1.65. The first-order valence-electron chi connectivity index (χ1n) is 6.27. The molecule has 0 amide bonds. The molecular formula is C13H17FN2O5. The SMILES string of the molecule is CCOC(=O)C(C)(COc1ccc([N+](=O)[O-])c(F)c1)NC. The zero-order valence-electron chi connectivity index (χ0n) is 12.0. The van der Waals surface area contributed by atoms with Crippen molar-refractivity contribution in [2.75, 3.05) is 20.3 Å².